The van der Waals surface area contributed by atoms with Crippen LogP contribution in [0, 0.1) is 0 Å². The highest BCUT2D eigenvalue weighted by atomic mass is 16.3. The van der Waals surface area contributed by atoms with Gasteiger partial charge in [-0.1, -0.05) is 103 Å². The fourth-order valence-electron chi connectivity index (χ4n) is 7.33. The lowest BCUT2D eigenvalue weighted by Crippen LogP contribution is -2.10. The van der Waals surface area contributed by atoms with Gasteiger partial charge in [0.25, 0.3) is 0 Å². The fourth-order valence-corrected chi connectivity index (χ4v) is 7.33. The molecule has 0 unspecified atom stereocenters. The van der Waals surface area contributed by atoms with Crippen molar-refractivity contribution in [1.82, 2.24) is 0 Å². The molecule has 0 N–H and O–H groups in total. The Balaban J connectivity index is 1.36. The monoisotopic (exact) mass is 575 g/mol. The predicted octanol–water partition coefficient (Wildman–Crippen LogP) is 12.4. The largest absolute Gasteiger partial charge is 0.456 e. The number of anilines is 3. The maximum absolute atomic E-state index is 6.39. The second-order valence-corrected chi connectivity index (χ2v) is 11.7. The van der Waals surface area contributed by atoms with Crippen LogP contribution in [0.15, 0.2) is 160 Å². The number of nitrogens with zero attached hydrogens (tertiary/aromatic N) is 1. The first-order valence-corrected chi connectivity index (χ1v) is 15.3. The zero-order chi connectivity index (χ0) is 29.5. The van der Waals surface area contributed by atoms with Crippen molar-refractivity contribution in [2.45, 2.75) is 0 Å². The van der Waals surface area contributed by atoms with Crippen molar-refractivity contribution in [3.63, 3.8) is 0 Å². The summed E-state index contributed by atoms with van der Waals surface area (Å²) in [6.45, 7) is 0. The van der Waals surface area contributed by atoms with E-state index in [2.05, 4.69) is 132 Å². The van der Waals surface area contributed by atoms with E-state index in [-0.39, 0.29) is 0 Å². The molecule has 0 radical (unpaired) electrons. The minimum absolute atomic E-state index is 0.861. The number of benzene rings is 8. The standard InChI is InChI=1S/C42H25NO2/c1-2-13-29-27(11-1)28-12-3-4-14-30(28)34-25-26(23-24-31(29)34)43(35-17-9-21-39-41(35)32-15-5-7-19-37(32)44-39)36-18-10-22-40-42(36)33-16-6-8-20-38(33)45-40/h1-25H. The Bertz CT molecular complexity index is 2630. The number of furan rings is 2. The quantitative estimate of drug-likeness (QED) is 0.196. The van der Waals surface area contributed by atoms with Crippen LogP contribution in [0.3, 0.4) is 0 Å². The summed E-state index contributed by atoms with van der Waals surface area (Å²) >= 11 is 0. The highest BCUT2D eigenvalue weighted by molar-refractivity contribution is 6.26. The lowest BCUT2D eigenvalue weighted by atomic mass is 9.94. The average molecular weight is 576 g/mol. The maximum Gasteiger partial charge on any atom is 0.137 e. The minimum Gasteiger partial charge on any atom is -0.456 e. The van der Waals surface area contributed by atoms with E-state index >= 15 is 0 Å². The van der Waals surface area contributed by atoms with Gasteiger partial charge in [-0.2, -0.15) is 0 Å². The molecule has 0 amide bonds. The molecule has 210 valence electrons. The van der Waals surface area contributed by atoms with Crippen LogP contribution in [-0.2, 0) is 0 Å². The van der Waals surface area contributed by atoms with Crippen molar-refractivity contribution in [2.24, 2.45) is 0 Å². The van der Waals surface area contributed by atoms with Crippen LogP contribution in [0.5, 0.6) is 0 Å². The van der Waals surface area contributed by atoms with Gasteiger partial charge < -0.3 is 13.7 Å². The highest BCUT2D eigenvalue weighted by Gasteiger charge is 2.23. The number of fused-ring (bicyclic) bond motifs is 12. The van der Waals surface area contributed by atoms with E-state index in [4.69, 9.17) is 8.83 Å². The summed E-state index contributed by atoms with van der Waals surface area (Å²) in [5.41, 5.74) is 6.66. The van der Waals surface area contributed by atoms with Crippen LogP contribution >= 0.6 is 0 Å². The summed E-state index contributed by atoms with van der Waals surface area (Å²) in [5, 5.41) is 11.9. The molecule has 0 aliphatic heterocycles. The Morgan fingerprint density at radius 2 is 0.711 bits per heavy atom. The van der Waals surface area contributed by atoms with E-state index in [0.717, 1.165) is 60.9 Å². The fraction of sp³-hybridized carbons (Fsp3) is 0. The summed E-state index contributed by atoms with van der Waals surface area (Å²) in [5.74, 6) is 0. The third kappa shape index (κ3) is 3.46. The Morgan fingerprint density at radius 1 is 0.311 bits per heavy atom. The summed E-state index contributed by atoms with van der Waals surface area (Å²) in [6, 6.07) is 53.7. The molecule has 0 saturated carbocycles. The molecule has 45 heavy (non-hydrogen) atoms. The maximum atomic E-state index is 6.39. The third-order valence-electron chi connectivity index (χ3n) is 9.23. The molecule has 0 spiro atoms. The van der Waals surface area contributed by atoms with Gasteiger partial charge in [-0.05, 0) is 80.8 Å². The minimum atomic E-state index is 0.861. The Kier molecular flexibility index (Phi) is 5.00. The third-order valence-corrected chi connectivity index (χ3v) is 9.23. The van der Waals surface area contributed by atoms with Gasteiger partial charge in [-0.15, -0.1) is 0 Å². The van der Waals surface area contributed by atoms with Gasteiger partial charge in [0.1, 0.15) is 22.3 Å². The average Bonchev–Trinajstić information content (AvgIpc) is 3.68. The lowest BCUT2D eigenvalue weighted by Gasteiger charge is -2.27. The molecule has 0 saturated heterocycles. The van der Waals surface area contributed by atoms with E-state index in [1.54, 1.807) is 0 Å². The Hall–Kier alpha value is -6.06. The molecule has 3 heteroatoms. The smallest absolute Gasteiger partial charge is 0.137 e. The van der Waals surface area contributed by atoms with Crippen LogP contribution in [0.1, 0.15) is 0 Å². The van der Waals surface area contributed by atoms with Crippen LogP contribution in [0.2, 0.25) is 0 Å². The number of hydrogen-bond donors (Lipinski definition) is 0. The van der Waals surface area contributed by atoms with Gasteiger partial charge in [0.05, 0.1) is 22.1 Å². The molecule has 3 nitrogen and oxygen atoms in total. The molecule has 8 aromatic carbocycles. The van der Waals surface area contributed by atoms with Gasteiger partial charge in [0, 0.05) is 16.5 Å². The summed E-state index contributed by atoms with van der Waals surface area (Å²) < 4.78 is 12.8. The zero-order valence-corrected chi connectivity index (χ0v) is 24.2. The van der Waals surface area contributed by atoms with Crippen LogP contribution < -0.4 is 4.90 Å². The van der Waals surface area contributed by atoms with Gasteiger partial charge in [-0.3, -0.25) is 0 Å². The van der Waals surface area contributed by atoms with Crippen LogP contribution in [-0.4, -0.2) is 0 Å². The van der Waals surface area contributed by atoms with E-state index in [9.17, 15) is 0 Å². The van der Waals surface area contributed by atoms with Crippen molar-refractivity contribution < 1.29 is 8.83 Å². The molecular formula is C42H25NO2. The molecule has 10 aromatic rings. The zero-order valence-electron chi connectivity index (χ0n) is 24.2. The molecule has 0 bridgehead atoms. The van der Waals surface area contributed by atoms with Crippen LogP contribution in [0.25, 0.3) is 76.2 Å². The summed E-state index contributed by atoms with van der Waals surface area (Å²) in [4.78, 5) is 2.39. The van der Waals surface area contributed by atoms with Crippen molar-refractivity contribution in [3.8, 4) is 0 Å². The molecular weight excluding hydrogens is 550 g/mol. The molecule has 0 aliphatic rings. The van der Waals surface area contributed by atoms with Crippen molar-refractivity contribution in [1.29, 1.82) is 0 Å². The molecule has 0 fully saturated rings. The summed E-state index contributed by atoms with van der Waals surface area (Å²) in [7, 11) is 0. The first-order valence-electron chi connectivity index (χ1n) is 15.3. The topological polar surface area (TPSA) is 29.5 Å². The second kappa shape index (κ2) is 9.22. The van der Waals surface area contributed by atoms with Crippen LogP contribution in [0.4, 0.5) is 17.1 Å². The first-order chi connectivity index (χ1) is 22.3. The molecule has 2 aromatic heterocycles. The highest BCUT2D eigenvalue weighted by Crippen LogP contribution is 2.48. The van der Waals surface area contributed by atoms with E-state index in [1.807, 2.05) is 24.3 Å². The molecule has 2 heterocycles. The predicted molar refractivity (Wildman–Crippen MR) is 188 cm³/mol. The normalized spacial score (nSPS) is 12.0. The van der Waals surface area contributed by atoms with Crippen molar-refractivity contribution in [2.75, 3.05) is 4.90 Å². The van der Waals surface area contributed by atoms with Gasteiger partial charge in [0.15, 0.2) is 0 Å². The number of hydrogen-bond acceptors (Lipinski definition) is 3. The van der Waals surface area contributed by atoms with E-state index < -0.39 is 0 Å². The number of para-hydroxylation sites is 2. The van der Waals surface area contributed by atoms with Crippen molar-refractivity contribution >= 4 is 93.3 Å². The van der Waals surface area contributed by atoms with Gasteiger partial charge >= 0.3 is 0 Å². The number of rotatable bonds is 3. The summed E-state index contributed by atoms with van der Waals surface area (Å²) in [6.07, 6.45) is 0. The first kappa shape index (κ1) is 24.4. The Morgan fingerprint density at radius 3 is 1.22 bits per heavy atom. The van der Waals surface area contributed by atoms with Gasteiger partial charge in [-0.25, -0.2) is 0 Å². The second-order valence-electron chi connectivity index (χ2n) is 11.7. The SMILES string of the molecule is c1ccc2c(c1)oc1cccc(N(c3ccc4c5ccccc5c5ccccc5c4c3)c3cccc4oc5ccccc5c34)c12. The molecule has 10 rings (SSSR count). The van der Waals surface area contributed by atoms with E-state index in [1.165, 1.54) is 32.3 Å². The Labute approximate surface area is 258 Å². The van der Waals surface area contributed by atoms with E-state index in [0.29, 0.717) is 0 Å². The van der Waals surface area contributed by atoms with Gasteiger partial charge in [0.2, 0.25) is 0 Å². The molecule has 0 atom stereocenters. The molecule has 0 aliphatic carbocycles. The van der Waals surface area contributed by atoms with Crippen molar-refractivity contribution in [3.05, 3.63) is 152 Å². The lowest BCUT2D eigenvalue weighted by molar-refractivity contribution is 0.668.